The number of hydrogen-bond acceptors (Lipinski definition) is 3. The van der Waals surface area contributed by atoms with Crippen molar-refractivity contribution in [2.24, 2.45) is 0 Å². The molecule has 4 heteroatoms. The van der Waals surface area contributed by atoms with Crippen LogP contribution in [0.15, 0.2) is 24.3 Å². The van der Waals surface area contributed by atoms with Crippen LogP contribution in [0.1, 0.15) is 37.8 Å². The van der Waals surface area contributed by atoms with Crippen molar-refractivity contribution in [3.05, 3.63) is 29.8 Å². The molecule has 1 aromatic rings. The molecule has 1 aliphatic rings. The summed E-state index contributed by atoms with van der Waals surface area (Å²) in [6, 6.07) is 8.08. The van der Waals surface area contributed by atoms with Gasteiger partial charge in [-0.3, -0.25) is 0 Å². The Morgan fingerprint density at radius 1 is 1.25 bits per heavy atom. The Balaban J connectivity index is 2.02. The standard InChI is InChI=1S/C16H24N2O2/c1-13(17(2)3)14-8-7-9-15(12-14)20-16(19)18-10-5-4-6-11-18/h7-9,12-13H,4-6,10-11H2,1-3H3. The zero-order valence-electron chi connectivity index (χ0n) is 12.6. The number of carbonyl (C=O) groups excluding carboxylic acids is 1. The van der Waals surface area contributed by atoms with Crippen molar-refractivity contribution in [1.82, 2.24) is 9.80 Å². The maximum Gasteiger partial charge on any atom is 0.415 e. The minimum absolute atomic E-state index is 0.223. The average molecular weight is 276 g/mol. The molecule has 1 fully saturated rings. The number of hydrogen-bond donors (Lipinski definition) is 0. The van der Waals surface area contributed by atoms with Gasteiger partial charge in [-0.25, -0.2) is 4.79 Å². The molecule has 1 atom stereocenters. The van der Waals surface area contributed by atoms with E-state index in [0.29, 0.717) is 11.8 Å². The van der Waals surface area contributed by atoms with Gasteiger partial charge in [0.1, 0.15) is 5.75 Å². The summed E-state index contributed by atoms with van der Waals surface area (Å²) in [4.78, 5) is 16.0. The van der Waals surface area contributed by atoms with Crippen molar-refractivity contribution >= 4 is 6.09 Å². The lowest BCUT2D eigenvalue weighted by Crippen LogP contribution is -2.37. The second kappa shape index (κ2) is 6.75. The summed E-state index contributed by atoms with van der Waals surface area (Å²) in [6.07, 6.45) is 3.14. The summed E-state index contributed by atoms with van der Waals surface area (Å²) in [5.74, 6) is 0.631. The van der Waals surface area contributed by atoms with Crippen molar-refractivity contribution < 1.29 is 9.53 Å². The number of piperidine rings is 1. The highest BCUT2D eigenvalue weighted by Gasteiger charge is 2.18. The topological polar surface area (TPSA) is 32.8 Å². The number of nitrogens with zero attached hydrogens (tertiary/aromatic N) is 2. The van der Waals surface area contributed by atoms with Crippen molar-refractivity contribution in [2.45, 2.75) is 32.2 Å². The Kier molecular flexibility index (Phi) is 5.01. The van der Waals surface area contributed by atoms with E-state index in [1.54, 1.807) is 4.90 Å². The molecule has 1 heterocycles. The van der Waals surface area contributed by atoms with Gasteiger partial charge in [0.2, 0.25) is 0 Å². The van der Waals surface area contributed by atoms with Crippen LogP contribution in [0.4, 0.5) is 4.79 Å². The third-order valence-electron chi connectivity index (χ3n) is 3.93. The van der Waals surface area contributed by atoms with Crippen molar-refractivity contribution in [3.63, 3.8) is 0 Å². The fourth-order valence-corrected chi connectivity index (χ4v) is 2.38. The highest BCUT2D eigenvalue weighted by molar-refractivity contribution is 5.70. The number of amides is 1. The first-order valence-electron chi connectivity index (χ1n) is 7.31. The first kappa shape index (κ1) is 14.9. The van der Waals surface area contributed by atoms with Crippen molar-refractivity contribution in [1.29, 1.82) is 0 Å². The van der Waals surface area contributed by atoms with Crippen LogP contribution in [0.3, 0.4) is 0 Å². The lowest BCUT2D eigenvalue weighted by molar-refractivity contribution is 0.142. The smallest absolute Gasteiger partial charge is 0.410 e. The van der Waals surface area contributed by atoms with Gasteiger partial charge in [-0.1, -0.05) is 12.1 Å². The summed E-state index contributed by atoms with van der Waals surface area (Å²) < 4.78 is 5.49. The molecule has 0 radical (unpaired) electrons. The largest absolute Gasteiger partial charge is 0.415 e. The van der Waals surface area contributed by atoms with Gasteiger partial charge in [0.15, 0.2) is 0 Å². The van der Waals surface area contributed by atoms with Crippen LogP contribution in [0.5, 0.6) is 5.75 Å². The predicted molar refractivity (Wildman–Crippen MR) is 80.0 cm³/mol. The molecule has 0 bridgehead atoms. The molecule has 0 spiro atoms. The molecule has 4 nitrogen and oxygen atoms in total. The van der Waals surface area contributed by atoms with Crippen LogP contribution < -0.4 is 4.74 Å². The monoisotopic (exact) mass is 276 g/mol. The van der Waals surface area contributed by atoms with E-state index >= 15 is 0 Å². The summed E-state index contributed by atoms with van der Waals surface area (Å²) in [5.41, 5.74) is 1.15. The van der Waals surface area contributed by atoms with Gasteiger partial charge in [-0.15, -0.1) is 0 Å². The Hall–Kier alpha value is -1.55. The van der Waals surface area contributed by atoms with E-state index < -0.39 is 0 Å². The molecule has 1 saturated heterocycles. The minimum Gasteiger partial charge on any atom is -0.410 e. The normalized spacial score (nSPS) is 17.1. The SMILES string of the molecule is CC(c1cccc(OC(=O)N2CCCCC2)c1)N(C)C. The number of carbonyl (C=O) groups is 1. The Bertz CT molecular complexity index is 454. The molecule has 110 valence electrons. The van der Waals surface area contributed by atoms with E-state index in [1.807, 2.05) is 32.3 Å². The van der Waals surface area contributed by atoms with Crippen molar-refractivity contribution in [3.8, 4) is 5.75 Å². The van der Waals surface area contributed by atoms with Gasteiger partial charge in [0.25, 0.3) is 0 Å². The molecule has 1 aromatic carbocycles. The highest BCUT2D eigenvalue weighted by Crippen LogP contribution is 2.23. The van der Waals surface area contributed by atoms with Gasteiger partial charge in [-0.2, -0.15) is 0 Å². The zero-order chi connectivity index (χ0) is 14.5. The Morgan fingerprint density at radius 3 is 2.60 bits per heavy atom. The molecular weight excluding hydrogens is 252 g/mol. The van der Waals surface area contributed by atoms with E-state index in [-0.39, 0.29) is 6.09 Å². The quantitative estimate of drug-likeness (QED) is 0.849. The van der Waals surface area contributed by atoms with E-state index in [1.165, 1.54) is 6.42 Å². The lowest BCUT2D eigenvalue weighted by atomic mass is 10.1. The first-order chi connectivity index (χ1) is 9.58. The number of benzene rings is 1. The number of likely N-dealkylation sites (tertiary alicyclic amines) is 1. The number of rotatable bonds is 3. The van der Waals surface area contributed by atoms with Crippen LogP contribution in [-0.2, 0) is 0 Å². The molecule has 0 saturated carbocycles. The Morgan fingerprint density at radius 2 is 1.95 bits per heavy atom. The molecule has 0 N–H and O–H groups in total. The van der Waals surface area contributed by atoms with Gasteiger partial charge < -0.3 is 14.5 Å². The van der Waals surface area contributed by atoms with Crippen LogP contribution in [0.2, 0.25) is 0 Å². The second-order valence-corrected chi connectivity index (χ2v) is 5.63. The maximum absolute atomic E-state index is 12.1. The molecule has 0 aliphatic carbocycles. The molecule has 1 aliphatic heterocycles. The summed E-state index contributed by atoms with van der Waals surface area (Å²) in [6.45, 7) is 3.75. The van der Waals surface area contributed by atoms with Gasteiger partial charge >= 0.3 is 6.09 Å². The summed E-state index contributed by atoms with van der Waals surface area (Å²) in [5, 5.41) is 0. The summed E-state index contributed by atoms with van der Waals surface area (Å²) >= 11 is 0. The second-order valence-electron chi connectivity index (χ2n) is 5.63. The fraction of sp³-hybridized carbons (Fsp3) is 0.562. The molecule has 0 aromatic heterocycles. The van der Waals surface area contributed by atoms with Crippen LogP contribution >= 0.6 is 0 Å². The van der Waals surface area contributed by atoms with E-state index in [4.69, 9.17) is 4.74 Å². The average Bonchev–Trinajstić information content (AvgIpc) is 2.47. The number of ether oxygens (including phenoxy) is 1. The minimum atomic E-state index is -0.223. The third kappa shape index (κ3) is 3.73. The molecule has 1 amide bonds. The Labute approximate surface area is 121 Å². The van der Waals surface area contributed by atoms with E-state index in [0.717, 1.165) is 31.5 Å². The van der Waals surface area contributed by atoms with Crippen molar-refractivity contribution in [2.75, 3.05) is 27.2 Å². The van der Waals surface area contributed by atoms with Crippen LogP contribution in [0, 0.1) is 0 Å². The van der Waals surface area contributed by atoms with Gasteiger partial charge in [0, 0.05) is 19.1 Å². The van der Waals surface area contributed by atoms with Crippen LogP contribution in [-0.4, -0.2) is 43.1 Å². The van der Waals surface area contributed by atoms with Gasteiger partial charge in [0.05, 0.1) is 0 Å². The molecule has 1 unspecified atom stereocenters. The van der Waals surface area contributed by atoms with Crippen LogP contribution in [0.25, 0.3) is 0 Å². The lowest BCUT2D eigenvalue weighted by Gasteiger charge is -2.26. The molecular formula is C16H24N2O2. The van der Waals surface area contributed by atoms with E-state index in [2.05, 4.69) is 17.9 Å². The molecule has 2 rings (SSSR count). The van der Waals surface area contributed by atoms with E-state index in [9.17, 15) is 4.79 Å². The highest BCUT2D eigenvalue weighted by atomic mass is 16.6. The maximum atomic E-state index is 12.1. The predicted octanol–water partition coefficient (Wildman–Crippen LogP) is 3.29. The third-order valence-corrected chi connectivity index (χ3v) is 3.93. The summed E-state index contributed by atoms with van der Waals surface area (Å²) in [7, 11) is 4.08. The van der Waals surface area contributed by atoms with Gasteiger partial charge in [-0.05, 0) is 58.0 Å². The zero-order valence-corrected chi connectivity index (χ0v) is 12.6. The fourth-order valence-electron chi connectivity index (χ4n) is 2.38. The molecule has 20 heavy (non-hydrogen) atoms. The first-order valence-corrected chi connectivity index (χ1v) is 7.31.